The molecule has 4 aromatic rings. The second-order valence-electron chi connectivity index (χ2n) is 6.89. The van der Waals surface area contributed by atoms with E-state index in [2.05, 4.69) is 104 Å². The monoisotopic (exact) mass is 370 g/mol. The summed E-state index contributed by atoms with van der Waals surface area (Å²) in [5, 5.41) is 2.20. The molecule has 3 heteroatoms. The molecule has 0 saturated carbocycles. The summed E-state index contributed by atoms with van der Waals surface area (Å²) in [6.07, 6.45) is 0. The van der Waals surface area contributed by atoms with E-state index < -0.39 is 0 Å². The molecule has 0 aliphatic rings. The van der Waals surface area contributed by atoms with Gasteiger partial charge in [0.05, 0.1) is 11.4 Å². The van der Waals surface area contributed by atoms with Gasteiger partial charge in [-0.25, -0.2) is 4.99 Å². The molecule has 0 amide bonds. The topological polar surface area (TPSA) is 17.3 Å². The predicted molar refractivity (Wildman–Crippen MR) is 115 cm³/mol. The third-order valence-corrected chi connectivity index (χ3v) is 5.37. The van der Waals surface area contributed by atoms with Crippen LogP contribution in [0.15, 0.2) is 83.2 Å². The van der Waals surface area contributed by atoms with Gasteiger partial charge in [-0.05, 0) is 62.2 Å². The van der Waals surface area contributed by atoms with Crippen LogP contribution in [0.3, 0.4) is 0 Å². The van der Waals surface area contributed by atoms with Crippen LogP contribution in [-0.4, -0.2) is 4.57 Å². The highest BCUT2D eigenvalue weighted by Gasteiger charge is 2.10. The molecule has 1 aromatic heterocycles. The standard InChI is InChI=1S/C24H22N2S/c1-17-10-12-21(13-11-17)25-24-26(22-9-5-7-19(3)15-22)23(16-27-24)20-8-4-6-18(2)14-20/h4-16H,1-3H3. The average Bonchev–Trinajstić information content (AvgIpc) is 3.07. The molecule has 3 aromatic carbocycles. The van der Waals surface area contributed by atoms with Crippen molar-refractivity contribution in [2.75, 3.05) is 0 Å². The van der Waals surface area contributed by atoms with Crippen LogP contribution in [0, 0.1) is 20.8 Å². The molecule has 2 nitrogen and oxygen atoms in total. The van der Waals surface area contributed by atoms with Gasteiger partial charge in [-0.3, -0.25) is 4.57 Å². The second kappa shape index (κ2) is 7.37. The molecule has 0 fully saturated rings. The first-order valence-corrected chi connectivity index (χ1v) is 9.94. The van der Waals surface area contributed by atoms with E-state index in [1.807, 2.05) is 0 Å². The Kier molecular flexibility index (Phi) is 4.78. The highest BCUT2D eigenvalue weighted by Crippen LogP contribution is 2.25. The molecule has 0 saturated heterocycles. The van der Waals surface area contributed by atoms with E-state index >= 15 is 0 Å². The minimum Gasteiger partial charge on any atom is -0.285 e. The van der Waals surface area contributed by atoms with Crippen molar-refractivity contribution in [1.29, 1.82) is 0 Å². The van der Waals surface area contributed by atoms with Gasteiger partial charge in [-0.1, -0.05) is 53.6 Å². The first-order chi connectivity index (χ1) is 13.1. The van der Waals surface area contributed by atoms with Gasteiger partial charge >= 0.3 is 0 Å². The second-order valence-corrected chi connectivity index (χ2v) is 7.73. The Morgan fingerprint density at radius 1 is 0.741 bits per heavy atom. The molecule has 134 valence electrons. The lowest BCUT2D eigenvalue weighted by atomic mass is 10.1. The van der Waals surface area contributed by atoms with E-state index in [9.17, 15) is 0 Å². The summed E-state index contributed by atoms with van der Waals surface area (Å²) < 4.78 is 2.26. The normalized spacial score (nSPS) is 11.7. The summed E-state index contributed by atoms with van der Waals surface area (Å²) >= 11 is 1.67. The van der Waals surface area contributed by atoms with Crippen LogP contribution < -0.4 is 4.80 Å². The van der Waals surface area contributed by atoms with Crippen molar-refractivity contribution in [3.05, 3.63) is 99.7 Å². The predicted octanol–water partition coefficient (Wildman–Crippen LogP) is 6.36. The number of benzene rings is 3. The molecule has 0 aliphatic carbocycles. The Morgan fingerprint density at radius 3 is 2.15 bits per heavy atom. The molecule has 1 heterocycles. The van der Waals surface area contributed by atoms with Gasteiger partial charge in [-0.15, -0.1) is 11.3 Å². The SMILES string of the molecule is Cc1ccc(N=c2scc(-c3cccc(C)c3)n2-c2cccc(C)c2)cc1. The lowest BCUT2D eigenvalue weighted by Crippen LogP contribution is -2.13. The van der Waals surface area contributed by atoms with E-state index in [1.165, 1.54) is 27.9 Å². The van der Waals surface area contributed by atoms with Crippen molar-refractivity contribution >= 4 is 17.0 Å². The molecular weight excluding hydrogens is 348 g/mol. The van der Waals surface area contributed by atoms with Gasteiger partial charge in [0.2, 0.25) is 0 Å². The summed E-state index contributed by atoms with van der Waals surface area (Å²) in [7, 11) is 0. The average molecular weight is 371 g/mol. The molecule has 27 heavy (non-hydrogen) atoms. The zero-order valence-electron chi connectivity index (χ0n) is 15.8. The van der Waals surface area contributed by atoms with Crippen molar-refractivity contribution in [3.8, 4) is 16.9 Å². The van der Waals surface area contributed by atoms with E-state index in [4.69, 9.17) is 4.99 Å². The van der Waals surface area contributed by atoms with Crippen LogP contribution in [-0.2, 0) is 0 Å². The van der Waals surface area contributed by atoms with Crippen LogP contribution >= 0.6 is 11.3 Å². The lowest BCUT2D eigenvalue weighted by Gasteiger charge is -2.11. The van der Waals surface area contributed by atoms with Gasteiger partial charge in [0, 0.05) is 11.1 Å². The highest BCUT2D eigenvalue weighted by molar-refractivity contribution is 7.07. The fourth-order valence-electron chi connectivity index (χ4n) is 3.14. The van der Waals surface area contributed by atoms with E-state index in [0.29, 0.717) is 0 Å². The summed E-state index contributed by atoms with van der Waals surface area (Å²) in [5.41, 5.74) is 8.22. The number of hydrogen-bond acceptors (Lipinski definition) is 2. The zero-order valence-corrected chi connectivity index (χ0v) is 16.6. The number of aromatic nitrogens is 1. The quantitative estimate of drug-likeness (QED) is 0.399. The van der Waals surface area contributed by atoms with Gasteiger partial charge in [0.15, 0.2) is 4.80 Å². The van der Waals surface area contributed by atoms with Crippen molar-refractivity contribution in [1.82, 2.24) is 4.57 Å². The van der Waals surface area contributed by atoms with E-state index in [1.54, 1.807) is 11.3 Å². The van der Waals surface area contributed by atoms with Crippen LogP contribution in [0.25, 0.3) is 16.9 Å². The van der Waals surface area contributed by atoms with Crippen LogP contribution in [0.5, 0.6) is 0 Å². The van der Waals surface area contributed by atoms with E-state index in [0.717, 1.165) is 16.2 Å². The molecule has 0 bridgehead atoms. The van der Waals surface area contributed by atoms with Crippen molar-refractivity contribution < 1.29 is 0 Å². The summed E-state index contributed by atoms with van der Waals surface area (Å²) in [6, 6.07) is 25.6. The van der Waals surface area contributed by atoms with Gasteiger partial charge in [-0.2, -0.15) is 0 Å². The van der Waals surface area contributed by atoms with Crippen molar-refractivity contribution in [3.63, 3.8) is 0 Å². The smallest absolute Gasteiger partial charge is 0.195 e. The molecule has 0 spiro atoms. The Bertz CT molecular complexity index is 1150. The molecule has 0 radical (unpaired) electrons. The minimum atomic E-state index is 0.972. The highest BCUT2D eigenvalue weighted by atomic mass is 32.1. The number of nitrogens with zero attached hydrogens (tertiary/aromatic N) is 2. The maximum absolute atomic E-state index is 4.94. The van der Waals surface area contributed by atoms with Crippen LogP contribution in [0.1, 0.15) is 16.7 Å². The first kappa shape index (κ1) is 17.5. The Hall–Kier alpha value is -2.91. The number of aryl methyl sites for hydroxylation is 3. The third-order valence-electron chi connectivity index (χ3n) is 4.54. The van der Waals surface area contributed by atoms with Gasteiger partial charge in [0.1, 0.15) is 0 Å². The maximum atomic E-state index is 4.94. The Labute approximate surface area is 164 Å². The molecular formula is C24H22N2S. The fraction of sp³-hybridized carbons (Fsp3) is 0.125. The summed E-state index contributed by atoms with van der Waals surface area (Å²) in [5.74, 6) is 0. The van der Waals surface area contributed by atoms with E-state index in [-0.39, 0.29) is 0 Å². The number of thiazole rings is 1. The third kappa shape index (κ3) is 3.79. The van der Waals surface area contributed by atoms with Crippen LogP contribution in [0.2, 0.25) is 0 Å². The van der Waals surface area contributed by atoms with Gasteiger partial charge < -0.3 is 0 Å². The minimum absolute atomic E-state index is 0.972. The first-order valence-electron chi connectivity index (χ1n) is 9.06. The number of hydrogen-bond donors (Lipinski definition) is 0. The largest absolute Gasteiger partial charge is 0.285 e. The summed E-state index contributed by atoms with van der Waals surface area (Å²) in [4.78, 5) is 5.91. The zero-order chi connectivity index (χ0) is 18.8. The molecule has 4 rings (SSSR count). The molecule has 0 N–H and O–H groups in total. The summed E-state index contributed by atoms with van der Waals surface area (Å²) in [6.45, 7) is 6.35. The fourth-order valence-corrected chi connectivity index (χ4v) is 4.07. The molecule has 0 unspecified atom stereocenters. The van der Waals surface area contributed by atoms with Crippen LogP contribution in [0.4, 0.5) is 5.69 Å². The lowest BCUT2D eigenvalue weighted by molar-refractivity contribution is 1.01. The number of rotatable bonds is 3. The Morgan fingerprint density at radius 2 is 1.44 bits per heavy atom. The Balaban J connectivity index is 1.96. The van der Waals surface area contributed by atoms with Crippen molar-refractivity contribution in [2.45, 2.75) is 20.8 Å². The molecule has 0 atom stereocenters. The van der Waals surface area contributed by atoms with Crippen molar-refractivity contribution in [2.24, 2.45) is 4.99 Å². The maximum Gasteiger partial charge on any atom is 0.195 e. The van der Waals surface area contributed by atoms with Gasteiger partial charge in [0.25, 0.3) is 0 Å². The molecule has 0 aliphatic heterocycles.